The fourth-order valence-electron chi connectivity index (χ4n) is 5.77. The van der Waals surface area contributed by atoms with Gasteiger partial charge in [0.05, 0.1) is 0 Å². The van der Waals surface area contributed by atoms with Crippen LogP contribution in [0.2, 0.25) is 0 Å². The molecule has 0 spiro atoms. The van der Waals surface area contributed by atoms with Gasteiger partial charge in [0.2, 0.25) is 5.24 Å². The monoisotopic (exact) mass is 296 g/mol. The quantitative estimate of drug-likeness (QED) is 0.636. The number of rotatable bonds is 3. The van der Waals surface area contributed by atoms with E-state index in [9.17, 15) is 4.79 Å². The van der Waals surface area contributed by atoms with Crippen LogP contribution in [0, 0.1) is 35.5 Å². The smallest absolute Gasteiger partial charge is 0.224 e. The molecule has 3 fully saturated rings. The summed E-state index contributed by atoms with van der Waals surface area (Å²) in [6.07, 6.45) is 13.5. The topological polar surface area (TPSA) is 17.1 Å². The van der Waals surface area contributed by atoms with Crippen molar-refractivity contribution in [3.63, 3.8) is 0 Å². The molecule has 0 aromatic carbocycles. The molecule has 1 nitrogen and oxygen atoms in total. The standard InChI is InChI=1S/C18H29ClO/c1-2-3-12-4-8-16-13(10-12)5-6-14-11-15(18(19)20)7-9-17(14)16/h12-17H,2-11H2,1H3. The average Bonchev–Trinajstić information content (AvgIpc) is 2.46. The first kappa shape index (κ1) is 14.9. The largest absolute Gasteiger partial charge is 0.281 e. The van der Waals surface area contributed by atoms with Crippen molar-refractivity contribution in [2.45, 2.75) is 71.1 Å². The predicted molar refractivity (Wildman–Crippen MR) is 83.6 cm³/mol. The Morgan fingerprint density at radius 1 is 0.950 bits per heavy atom. The lowest BCUT2D eigenvalue weighted by molar-refractivity contribution is -0.118. The van der Waals surface area contributed by atoms with Crippen molar-refractivity contribution < 1.29 is 4.79 Å². The van der Waals surface area contributed by atoms with Gasteiger partial charge in [-0.15, -0.1) is 0 Å². The molecule has 0 aromatic rings. The zero-order chi connectivity index (χ0) is 14.1. The lowest BCUT2D eigenvalue weighted by atomic mass is 9.55. The molecule has 0 radical (unpaired) electrons. The molecule has 0 saturated heterocycles. The predicted octanol–water partition coefficient (Wildman–Crippen LogP) is 5.41. The molecule has 20 heavy (non-hydrogen) atoms. The second-order valence-corrected chi connectivity index (χ2v) is 8.08. The zero-order valence-corrected chi connectivity index (χ0v) is 13.6. The van der Waals surface area contributed by atoms with Crippen LogP contribution in [0.25, 0.3) is 0 Å². The summed E-state index contributed by atoms with van der Waals surface area (Å²) in [6.45, 7) is 2.33. The van der Waals surface area contributed by atoms with Gasteiger partial charge in [-0.05, 0) is 86.1 Å². The second kappa shape index (κ2) is 6.38. The van der Waals surface area contributed by atoms with Crippen molar-refractivity contribution in [3.8, 4) is 0 Å². The van der Waals surface area contributed by atoms with Gasteiger partial charge in [-0.2, -0.15) is 0 Å². The Labute approximate surface area is 128 Å². The van der Waals surface area contributed by atoms with Crippen LogP contribution in [0.5, 0.6) is 0 Å². The van der Waals surface area contributed by atoms with Gasteiger partial charge < -0.3 is 0 Å². The zero-order valence-electron chi connectivity index (χ0n) is 12.8. The van der Waals surface area contributed by atoms with E-state index in [0.29, 0.717) is 0 Å². The molecule has 0 aromatic heterocycles. The van der Waals surface area contributed by atoms with E-state index in [-0.39, 0.29) is 11.2 Å². The van der Waals surface area contributed by atoms with E-state index in [1.165, 1.54) is 51.4 Å². The van der Waals surface area contributed by atoms with E-state index >= 15 is 0 Å². The van der Waals surface area contributed by atoms with Gasteiger partial charge in [0.1, 0.15) is 0 Å². The van der Waals surface area contributed by atoms with Crippen LogP contribution in [0.1, 0.15) is 71.1 Å². The molecule has 0 heterocycles. The molecule has 0 amide bonds. The van der Waals surface area contributed by atoms with Crippen molar-refractivity contribution in [3.05, 3.63) is 0 Å². The minimum Gasteiger partial charge on any atom is -0.281 e. The van der Waals surface area contributed by atoms with E-state index < -0.39 is 0 Å². The van der Waals surface area contributed by atoms with Gasteiger partial charge in [-0.25, -0.2) is 0 Å². The van der Waals surface area contributed by atoms with Crippen molar-refractivity contribution in [2.75, 3.05) is 0 Å². The summed E-state index contributed by atoms with van der Waals surface area (Å²) in [4.78, 5) is 11.4. The van der Waals surface area contributed by atoms with Crippen LogP contribution < -0.4 is 0 Å². The van der Waals surface area contributed by atoms with Gasteiger partial charge in [0, 0.05) is 5.92 Å². The SMILES string of the molecule is CCCC1CCC2C(CCC3CC(C(=O)Cl)CCC32)C1. The van der Waals surface area contributed by atoms with Crippen LogP contribution in [-0.4, -0.2) is 5.24 Å². The Bertz CT molecular complexity index is 353. The highest BCUT2D eigenvalue weighted by atomic mass is 35.5. The summed E-state index contributed by atoms with van der Waals surface area (Å²) in [5.41, 5.74) is 0. The van der Waals surface area contributed by atoms with Crippen LogP contribution in [0.3, 0.4) is 0 Å². The average molecular weight is 297 g/mol. The molecular formula is C18H29ClO. The summed E-state index contributed by atoms with van der Waals surface area (Å²) in [6, 6.07) is 0. The molecule has 114 valence electrons. The Morgan fingerprint density at radius 2 is 1.60 bits per heavy atom. The van der Waals surface area contributed by atoms with E-state index in [1.54, 1.807) is 0 Å². The number of carbonyl (C=O) groups is 1. The number of carbonyl (C=O) groups excluding carboxylic acids is 1. The van der Waals surface area contributed by atoms with Crippen molar-refractivity contribution >= 4 is 16.8 Å². The maximum Gasteiger partial charge on any atom is 0.224 e. The number of halogens is 1. The molecule has 0 aliphatic heterocycles. The van der Waals surface area contributed by atoms with Gasteiger partial charge in [-0.1, -0.05) is 26.2 Å². The van der Waals surface area contributed by atoms with Gasteiger partial charge in [0.15, 0.2) is 0 Å². The van der Waals surface area contributed by atoms with E-state index in [2.05, 4.69) is 6.92 Å². The van der Waals surface area contributed by atoms with E-state index in [1.807, 2.05) is 0 Å². The molecule has 3 saturated carbocycles. The molecule has 3 rings (SSSR count). The minimum atomic E-state index is -0.0720. The van der Waals surface area contributed by atoms with Crippen molar-refractivity contribution in [1.29, 1.82) is 0 Å². The van der Waals surface area contributed by atoms with E-state index in [0.717, 1.165) is 42.4 Å². The maximum atomic E-state index is 11.4. The third-order valence-electron chi connectivity index (χ3n) is 6.67. The fourth-order valence-corrected chi connectivity index (χ4v) is 5.97. The highest BCUT2D eigenvalue weighted by molar-refractivity contribution is 6.63. The minimum absolute atomic E-state index is 0.0720. The third-order valence-corrected chi connectivity index (χ3v) is 6.98. The normalized spacial score (nSPS) is 44.5. The molecule has 0 bridgehead atoms. The summed E-state index contributed by atoms with van der Waals surface area (Å²) in [5.74, 6) is 4.89. The number of fused-ring (bicyclic) bond motifs is 3. The molecule has 6 unspecified atom stereocenters. The Hall–Kier alpha value is -0.0400. The van der Waals surface area contributed by atoms with Crippen molar-refractivity contribution in [2.24, 2.45) is 35.5 Å². The Balaban J connectivity index is 1.62. The molecule has 2 heteroatoms. The van der Waals surface area contributed by atoms with Gasteiger partial charge in [0.25, 0.3) is 0 Å². The van der Waals surface area contributed by atoms with Gasteiger partial charge >= 0.3 is 0 Å². The Kier molecular flexibility index (Phi) is 4.75. The van der Waals surface area contributed by atoms with Crippen LogP contribution in [-0.2, 0) is 4.79 Å². The maximum absolute atomic E-state index is 11.4. The highest BCUT2D eigenvalue weighted by Crippen LogP contribution is 2.53. The van der Waals surface area contributed by atoms with Gasteiger partial charge in [-0.3, -0.25) is 4.79 Å². The number of hydrogen-bond acceptors (Lipinski definition) is 1. The lowest BCUT2D eigenvalue weighted by Crippen LogP contribution is -2.42. The molecular weight excluding hydrogens is 268 g/mol. The van der Waals surface area contributed by atoms with E-state index in [4.69, 9.17) is 11.6 Å². The summed E-state index contributed by atoms with van der Waals surface area (Å²) in [5, 5.41) is -0.0720. The summed E-state index contributed by atoms with van der Waals surface area (Å²) < 4.78 is 0. The van der Waals surface area contributed by atoms with Crippen LogP contribution >= 0.6 is 11.6 Å². The van der Waals surface area contributed by atoms with Crippen molar-refractivity contribution in [1.82, 2.24) is 0 Å². The molecule has 3 aliphatic carbocycles. The molecule has 6 atom stereocenters. The Morgan fingerprint density at radius 3 is 2.25 bits per heavy atom. The van der Waals surface area contributed by atoms with Crippen LogP contribution in [0.15, 0.2) is 0 Å². The molecule has 0 N–H and O–H groups in total. The highest BCUT2D eigenvalue weighted by Gasteiger charge is 2.45. The lowest BCUT2D eigenvalue weighted by Gasteiger charge is -2.50. The number of hydrogen-bond donors (Lipinski definition) is 0. The third kappa shape index (κ3) is 2.93. The summed E-state index contributed by atoms with van der Waals surface area (Å²) >= 11 is 5.74. The molecule has 3 aliphatic rings. The first-order chi connectivity index (χ1) is 9.69. The first-order valence-corrected chi connectivity index (χ1v) is 9.26. The summed E-state index contributed by atoms with van der Waals surface area (Å²) in [7, 11) is 0. The fraction of sp³-hybridized carbons (Fsp3) is 0.944. The first-order valence-electron chi connectivity index (χ1n) is 8.88. The second-order valence-electron chi connectivity index (χ2n) is 7.71. The van der Waals surface area contributed by atoms with Crippen LogP contribution in [0.4, 0.5) is 0 Å².